The van der Waals surface area contributed by atoms with Crippen LogP contribution in [0, 0.1) is 30.0 Å². The molecule has 2 amide bonds. The predicted octanol–water partition coefficient (Wildman–Crippen LogP) is 12.1. The van der Waals surface area contributed by atoms with Crippen LogP contribution in [-0.4, -0.2) is 85.4 Å². The van der Waals surface area contributed by atoms with E-state index in [4.69, 9.17) is 28.9 Å². The topological polar surface area (TPSA) is 115 Å². The first-order chi connectivity index (χ1) is 30.9. The van der Waals surface area contributed by atoms with E-state index >= 15 is 8.78 Å². The van der Waals surface area contributed by atoms with Crippen LogP contribution in [0.3, 0.4) is 0 Å². The Morgan fingerprint density at radius 1 is 0.924 bits per heavy atom. The maximum absolute atomic E-state index is 18.4. The Bertz CT molecular complexity index is 2550. The lowest BCUT2D eigenvalue weighted by Gasteiger charge is -2.45. The minimum atomic E-state index is -2.34. The van der Waals surface area contributed by atoms with E-state index in [1.54, 1.807) is 24.4 Å². The molecule has 2 aromatic heterocycles. The minimum absolute atomic E-state index is 0.00659. The van der Waals surface area contributed by atoms with E-state index in [9.17, 15) is 9.59 Å². The SMILES string of the molecule is COCOc1cc(-c2ncc3c(N4CC5CCC(C4)N5C(=O)OC(C)(C)C)nc(C4(NC(=O)OC(C)(C)C)CCC4)c(C)c3c2F)c2c(C#C[Si](C(C)C)(C(C)C)C(C)C)c(F)ccc2c1. The molecule has 7 rings (SSSR count). The van der Waals surface area contributed by atoms with Crippen LogP contribution in [0.25, 0.3) is 32.8 Å². The van der Waals surface area contributed by atoms with Crippen LogP contribution in [0.2, 0.25) is 16.6 Å². The molecule has 2 aliphatic heterocycles. The number of amides is 2. The van der Waals surface area contributed by atoms with Gasteiger partial charge in [0, 0.05) is 48.1 Å². The van der Waals surface area contributed by atoms with E-state index in [1.807, 2.05) is 53.4 Å². The summed E-state index contributed by atoms with van der Waals surface area (Å²) >= 11 is 0. The van der Waals surface area contributed by atoms with Crippen molar-refractivity contribution in [2.75, 3.05) is 31.9 Å². The van der Waals surface area contributed by atoms with Crippen LogP contribution in [0.5, 0.6) is 5.75 Å². The molecule has 0 spiro atoms. The number of carbonyl (C=O) groups excluding carboxylic acids is 2. The average molecular weight is 926 g/mol. The number of pyridine rings is 2. The summed E-state index contributed by atoms with van der Waals surface area (Å²) in [6, 6.07) is 6.23. The zero-order valence-electron chi connectivity index (χ0n) is 41.4. The fourth-order valence-electron chi connectivity index (χ4n) is 11.0. The van der Waals surface area contributed by atoms with Crippen molar-refractivity contribution >= 4 is 47.6 Å². The van der Waals surface area contributed by atoms with Crippen LogP contribution in [0.15, 0.2) is 30.5 Å². The molecule has 3 aliphatic rings. The molecule has 1 N–H and O–H groups in total. The zero-order valence-corrected chi connectivity index (χ0v) is 42.4. The molecule has 2 bridgehead atoms. The van der Waals surface area contributed by atoms with Gasteiger partial charge in [-0.25, -0.2) is 23.4 Å². The van der Waals surface area contributed by atoms with E-state index < -0.39 is 42.5 Å². The number of anilines is 1. The number of benzene rings is 2. The van der Waals surface area contributed by atoms with Crippen molar-refractivity contribution < 1.29 is 37.3 Å². The molecule has 14 heteroatoms. The van der Waals surface area contributed by atoms with Crippen molar-refractivity contribution in [1.29, 1.82) is 0 Å². The van der Waals surface area contributed by atoms with Gasteiger partial charge in [0.05, 0.1) is 28.9 Å². The van der Waals surface area contributed by atoms with Crippen LogP contribution < -0.4 is 15.0 Å². The lowest BCUT2D eigenvalue weighted by atomic mass is 9.72. The molecule has 11 nitrogen and oxygen atoms in total. The molecule has 1 saturated carbocycles. The number of halogens is 2. The van der Waals surface area contributed by atoms with E-state index in [0.29, 0.717) is 87.1 Å². The Labute approximate surface area is 390 Å². The number of nitrogens with zero attached hydrogens (tertiary/aromatic N) is 4. The van der Waals surface area contributed by atoms with Gasteiger partial charge < -0.3 is 29.2 Å². The van der Waals surface area contributed by atoms with Crippen molar-refractivity contribution in [2.45, 2.75) is 168 Å². The second-order valence-electron chi connectivity index (χ2n) is 21.5. The minimum Gasteiger partial charge on any atom is -0.468 e. The van der Waals surface area contributed by atoms with Crippen molar-refractivity contribution in [1.82, 2.24) is 20.2 Å². The summed E-state index contributed by atoms with van der Waals surface area (Å²) in [5, 5.41) is 4.97. The van der Waals surface area contributed by atoms with Gasteiger partial charge >= 0.3 is 12.2 Å². The highest BCUT2D eigenvalue weighted by atomic mass is 28.3. The number of piperazine rings is 1. The standard InChI is InChI=1S/C52H69F2N5O6Si/c1-30(2)66(31(3)4,32(5)6)23-20-38-41(53)19-16-34-24-37(63-29-62-14)25-39(43(34)38)45-44(54)42-33(7)46(52(21-15-22-52)57-48(60)64-50(8,9)10)56-47(40(42)26-55-45)58-27-35-17-18-36(28-58)59(35)49(61)65-51(11,12)13/h16,19,24-26,30-32,35-36H,15,17-18,21-22,27-29H2,1-14H3,(H,57,60). The molecule has 4 aromatic rings. The molecule has 356 valence electrons. The van der Waals surface area contributed by atoms with Gasteiger partial charge in [-0.3, -0.25) is 9.88 Å². The zero-order chi connectivity index (χ0) is 48.3. The van der Waals surface area contributed by atoms with Gasteiger partial charge in [-0.2, -0.15) is 0 Å². The summed E-state index contributed by atoms with van der Waals surface area (Å²) in [7, 11) is -0.817. The van der Waals surface area contributed by atoms with Crippen LogP contribution in [0.4, 0.5) is 24.2 Å². The number of hydrogen-bond acceptors (Lipinski definition) is 9. The molecular formula is C52H69F2N5O6Si. The molecule has 2 saturated heterocycles. The Hall–Kier alpha value is -5.00. The average Bonchev–Trinajstić information content (AvgIpc) is 3.47. The third-order valence-electron chi connectivity index (χ3n) is 13.9. The molecule has 3 fully saturated rings. The number of hydrogen-bond donors (Lipinski definition) is 1. The van der Waals surface area contributed by atoms with E-state index in [2.05, 4.69) is 63.2 Å². The first-order valence-electron chi connectivity index (χ1n) is 23.6. The van der Waals surface area contributed by atoms with Crippen LogP contribution in [0.1, 0.15) is 132 Å². The fraction of sp³-hybridized carbons (Fsp3) is 0.577. The number of aryl methyl sites for hydroxylation is 1. The molecular weight excluding hydrogens is 857 g/mol. The first-order valence-corrected chi connectivity index (χ1v) is 25.8. The molecule has 1 aliphatic carbocycles. The number of aromatic nitrogens is 2. The third-order valence-corrected chi connectivity index (χ3v) is 20.2. The van der Waals surface area contributed by atoms with Crippen molar-refractivity contribution in [2.24, 2.45) is 0 Å². The second-order valence-corrected chi connectivity index (χ2v) is 27.1. The second kappa shape index (κ2) is 18.2. The van der Waals surface area contributed by atoms with E-state index in [-0.39, 0.29) is 41.6 Å². The van der Waals surface area contributed by atoms with Gasteiger partial charge in [-0.1, -0.05) is 53.5 Å². The van der Waals surface area contributed by atoms with Crippen molar-refractivity contribution in [3.05, 3.63) is 58.9 Å². The monoisotopic (exact) mass is 925 g/mol. The predicted molar refractivity (Wildman–Crippen MR) is 260 cm³/mol. The van der Waals surface area contributed by atoms with Gasteiger partial charge in [-0.15, -0.1) is 5.54 Å². The Morgan fingerprint density at radius 2 is 1.55 bits per heavy atom. The Morgan fingerprint density at radius 3 is 2.09 bits per heavy atom. The summed E-state index contributed by atoms with van der Waals surface area (Å²) in [5.41, 5.74) is 3.84. The highest BCUT2D eigenvalue weighted by Crippen LogP contribution is 2.48. The summed E-state index contributed by atoms with van der Waals surface area (Å²) < 4.78 is 57.7. The Kier molecular flexibility index (Phi) is 13.5. The maximum Gasteiger partial charge on any atom is 0.410 e. The third kappa shape index (κ3) is 9.18. The summed E-state index contributed by atoms with van der Waals surface area (Å²) in [5.74, 6) is 3.14. The summed E-state index contributed by atoms with van der Waals surface area (Å²) in [6.45, 7) is 26.9. The maximum atomic E-state index is 18.4. The molecule has 66 heavy (non-hydrogen) atoms. The quantitative estimate of drug-likeness (QED) is 0.0943. The van der Waals surface area contributed by atoms with Gasteiger partial charge in [0.1, 0.15) is 42.4 Å². The lowest BCUT2D eigenvalue weighted by Crippen LogP contribution is -2.57. The van der Waals surface area contributed by atoms with Crippen molar-refractivity contribution in [3.63, 3.8) is 0 Å². The van der Waals surface area contributed by atoms with Crippen LogP contribution >= 0.6 is 0 Å². The van der Waals surface area contributed by atoms with Gasteiger partial charge in [-0.05, 0) is 126 Å². The molecule has 0 radical (unpaired) electrons. The molecule has 2 aromatic carbocycles. The first kappa shape index (κ1) is 48.9. The summed E-state index contributed by atoms with van der Waals surface area (Å²) in [6.07, 6.45) is 4.24. The van der Waals surface area contributed by atoms with Gasteiger partial charge in [0.2, 0.25) is 0 Å². The van der Waals surface area contributed by atoms with Gasteiger partial charge in [0.25, 0.3) is 0 Å². The smallest absolute Gasteiger partial charge is 0.410 e. The number of methoxy groups -OCH3 is 1. The summed E-state index contributed by atoms with van der Waals surface area (Å²) in [4.78, 5) is 41.3. The normalized spacial score (nSPS) is 18.5. The fourth-order valence-corrected chi connectivity index (χ4v) is 16.2. The number of rotatable bonds is 10. The number of alkyl carbamates (subject to hydrolysis) is 1. The van der Waals surface area contributed by atoms with Crippen LogP contribution in [-0.2, 0) is 19.7 Å². The lowest BCUT2D eigenvalue weighted by molar-refractivity contribution is 0.0122. The molecule has 2 atom stereocenters. The molecule has 4 heterocycles. The number of ether oxygens (including phenoxy) is 4. The van der Waals surface area contributed by atoms with Crippen molar-refractivity contribution in [3.8, 4) is 28.5 Å². The van der Waals surface area contributed by atoms with E-state index in [1.165, 1.54) is 13.2 Å². The highest BCUT2D eigenvalue weighted by Gasteiger charge is 2.48. The number of carbonyl (C=O) groups is 2. The highest BCUT2D eigenvalue weighted by molar-refractivity contribution is 6.90. The Balaban J connectivity index is 1.48. The molecule has 2 unspecified atom stereocenters. The number of nitrogens with one attached hydrogen (secondary N) is 1. The van der Waals surface area contributed by atoms with E-state index in [0.717, 1.165) is 19.3 Å². The van der Waals surface area contributed by atoms with Gasteiger partial charge in [0.15, 0.2) is 12.6 Å². The number of fused-ring (bicyclic) bond motifs is 4. The largest absolute Gasteiger partial charge is 0.468 e.